The Morgan fingerprint density at radius 2 is 1.47 bits per heavy atom. The Bertz CT molecular complexity index is 1130. The molecule has 0 saturated carbocycles. The molecule has 2 aromatic carbocycles. The first-order valence-corrected chi connectivity index (χ1v) is 10.2. The molecule has 0 heterocycles. The van der Waals surface area contributed by atoms with Crippen LogP contribution in [0.1, 0.15) is 20.3 Å². The van der Waals surface area contributed by atoms with Crippen LogP contribution in [0.3, 0.4) is 0 Å². The SMILES string of the molecule is COc1cc(NC(=O)C(=O)NN=C(C)CC(=O)Nc2ccccc2NC(C)=O)c(OC)cc1Cl. The highest BCUT2D eigenvalue weighted by Gasteiger charge is 2.18. The maximum atomic E-state index is 12.3. The van der Waals surface area contributed by atoms with E-state index in [9.17, 15) is 19.2 Å². The number of carbonyl (C=O) groups is 4. The standard InChI is InChI=1S/C22H24ClN5O6/c1-12(9-20(30)25-16-8-6-5-7-15(16)24-13(2)29)27-28-22(32)21(31)26-17-11-18(33-3)14(23)10-19(17)34-4/h5-8,10-11H,9H2,1-4H3,(H,24,29)(H,25,30)(H,26,31)(H,28,32). The highest BCUT2D eigenvalue weighted by molar-refractivity contribution is 6.40. The second-order valence-electron chi connectivity index (χ2n) is 6.88. The minimum absolute atomic E-state index is 0.168. The summed E-state index contributed by atoms with van der Waals surface area (Å²) in [5.74, 6) is -2.30. The molecule has 180 valence electrons. The number of nitrogens with one attached hydrogen (secondary N) is 4. The van der Waals surface area contributed by atoms with Gasteiger partial charge in [0.05, 0.1) is 42.7 Å². The maximum absolute atomic E-state index is 12.3. The van der Waals surface area contributed by atoms with Crippen LogP contribution in [0.15, 0.2) is 41.5 Å². The molecule has 0 bridgehead atoms. The van der Waals surface area contributed by atoms with Gasteiger partial charge in [-0.15, -0.1) is 0 Å². The van der Waals surface area contributed by atoms with Crippen LogP contribution in [-0.2, 0) is 19.2 Å². The monoisotopic (exact) mass is 489 g/mol. The molecule has 0 saturated heterocycles. The molecule has 0 aliphatic carbocycles. The zero-order valence-corrected chi connectivity index (χ0v) is 19.7. The van der Waals surface area contributed by atoms with E-state index >= 15 is 0 Å². The van der Waals surface area contributed by atoms with Crippen LogP contribution < -0.4 is 30.8 Å². The van der Waals surface area contributed by atoms with Crippen LogP contribution in [0.4, 0.5) is 17.1 Å². The molecular weight excluding hydrogens is 466 g/mol. The van der Waals surface area contributed by atoms with E-state index in [1.807, 2.05) is 0 Å². The second kappa shape index (κ2) is 12.2. The Balaban J connectivity index is 1.97. The molecule has 0 radical (unpaired) electrons. The highest BCUT2D eigenvalue weighted by atomic mass is 35.5. The van der Waals surface area contributed by atoms with Gasteiger partial charge in [0, 0.05) is 24.8 Å². The summed E-state index contributed by atoms with van der Waals surface area (Å²) in [7, 11) is 2.78. The first-order valence-electron chi connectivity index (χ1n) is 9.87. The maximum Gasteiger partial charge on any atom is 0.329 e. The summed E-state index contributed by atoms with van der Waals surface area (Å²) in [6.07, 6.45) is -0.168. The molecule has 0 aromatic heterocycles. The predicted molar refractivity (Wildman–Crippen MR) is 128 cm³/mol. The zero-order chi connectivity index (χ0) is 25.3. The van der Waals surface area contributed by atoms with Crippen LogP contribution >= 0.6 is 11.6 Å². The molecule has 0 aliphatic rings. The lowest BCUT2D eigenvalue weighted by molar-refractivity contribution is -0.136. The number of rotatable bonds is 8. The number of hydrogen-bond donors (Lipinski definition) is 4. The van der Waals surface area contributed by atoms with E-state index in [0.717, 1.165) is 0 Å². The van der Waals surface area contributed by atoms with Gasteiger partial charge in [0.2, 0.25) is 11.8 Å². The Morgan fingerprint density at radius 1 is 0.853 bits per heavy atom. The largest absolute Gasteiger partial charge is 0.495 e. The molecule has 0 fully saturated rings. The summed E-state index contributed by atoms with van der Waals surface area (Å²) in [5, 5.41) is 11.7. The van der Waals surface area contributed by atoms with Crippen molar-refractivity contribution in [2.45, 2.75) is 20.3 Å². The number of ether oxygens (including phenoxy) is 2. The van der Waals surface area contributed by atoms with Crippen molar-refractivity contribution in [3.8, 4) is 11.5 Å². The number of hydrogen-bond acceptors (Lipinski definition) is 7. The Kier molecular flexibility index (Phi) is 9.38. The second-order valence-corrected chi connectivity index (χ2v) is 7.29. The van der Waals surface area contributed by atoms with Crippen LogP contribution in [0.5, 0.6) is 11.5 Å². The van der Waals surface area contributed by atoms with Crippen molar-refractivity contribution in [2.75, 3.05) is 30.2 Å². The van der Waals surface area contributed by atoms with Gasteiger partial charge in [-0.25, -0.2) is 5.43 Å². The molecular formula is C22H24ClN5O6. The molecule has 12 heteroatoms. The van der Waals surface area contributed by atoms with Crippen molar-refractivity contribution >= 4 is 58.0 Å². The number of nitrogens with zero attached hydrogens (tertiary/aromatic N) is 1. The van der Waals surface area contributed by atoms with Crippen molar-refractivity contribution in [1.82, 2.24) is 5.43 Å². The molecule has 11 nitrogen and oxygen atoms in total. The number of amides is 4. The number of halogens is 1. The molecule has 4 amide bonds. The molecule has 4 N–H and O–H groups in total. The fraction of sp³-hybridized carbons (Fsp3) is 0.227. The average Bonchev–Trinajstić information content (AvgIpc) is 2.79. The van der Waals surface area contributed by atoms with Gasteiger partial charge in [0.25, 0.3) is 0 Å². The summed E-state index contributed by atoms with van der Waals surface area (Å²) in [6, 6.07) is 9.52. The van der Waals surface area contributed by atoms with Crippen molar-refractivity contribution in [2.24, 2.45) is 5.10 Å². The fourth-order valence-corrected chi connectivity index (χ4v) is 2.92. The summed E-state index contributed by atoms with van der Waals surface area (Å²) in [6.45, 7) is 2.86. The lowest BCUT2D eigenvalue weighted by atomic mass is 10.2. The van der Waals surface area contributed by atoms with E-state index in [-0.39, 0.29) is 40.2 Å². The minimum atomic E-state index is -1.06. The fourth-order valence-electron chi connectivity index (χ4n) is 2.69. The molecule has 0 spiro atoms. The Morgan fingerprint density at radius 3 is 2.06 bits per heavy atom. The van der Waals surface area contributed by atoms with E-state index in [2.05, 4.69) is 26.5 Å². The van der Waals surface area contributed by atoms with Crippen molar-refractivity contribution in [3.63, 3.8) is 0 Å². The summed E-state index contributed by atoms with van der Waals surface area (Å²) < 4.78 is 10.2. The third kappa shape index (κ3) is 7.48. The van der Waals surface area contributed by atoms with Crippen LogP contribution in [-0.4, -0.2) is 43.6 Å². The Labute approximate surface area is 200 Å². The lowest BCUT2D eigenvalue weighted by Crippen LogP contribution is -2.33. The van der Waals surface area contributed by atoms with Gasteiger partial charge in [-0.3, -0.25) is 19.2 Å². The van der Waals surface area contributed by atoms with E-state index < -0.39 is 17.7 Å². The third-order valence-electron chi connectivity index (χ3n) is 4.20. The predicted octanol–water partition coefficient (Wildman–Crippen LogP) is 2.78. The van der Waals surface area contributed by atoms with E-state index in [4.69, 9.17) is 21.1 Å². The third-order valence-corrected chi connectivity index (χ3v) is 4.50. The minimum Gasteiger partial charge on any atom is -0.495 e. The van der Waals surface area contributed by atoms with Gasteiger partial charge in [-0.2, -0.15) is 5.10 Å². The van der Waals surface area contributed by atoms with Crippen LogP contribution in [0.2, 0.25) is 5.02 Å². The zero-order valence-electron chi connectivity index (χ0n) is 18.9. The number of hydrazone groups is 1. The summed E-state index contributed by atoms with van der Waals surface area (Å²) >= 11 is 6.02. The quantitative estimate of drug-likeness (QED) is 0.254. The molecule has 0 aliphatic heterocycles. The first-order chi connectivity index (χ1) is 16.1. The van der Waals surface area contributed by atoms with Crippen LogP contribution in [0.25, 0.3) is 0 Å². The molecule has 0 atom stereocenters. The average molecular weight is 490 g/mol. The first kappa shape index (κ1) is 26.1. The number of benzene rings is 2. The van der Waals surface area contributed by atoms with Crippen molar-refractivity contribution in [1.29, 1.82) is 0 Å². The van der Waals surface area contributed by atoms with E-state index in [1.165, 1.54) is 40.2 Å². The van der Waals surface area contributed by atoms with Gasteiger partial charge in [-0.05, 0) is 19.1 Å². The smallest absolute Gasteiger partial charge is 0.329 e. The van der Waals surface area contributed by atoms with Crippen molar-refractivity contribution < 1.29 is 28.7 Å². The topological polar surface area (TPSA) is 147 Å². The number of anilines is 3. The van der Waals surface area contributed by atoms with Gasteiger partial charge in [-0.1, -0.05) is 23.7 Å². The summed E-state index contributed by atoms with van der Waals surface area (Å²) in [4.78, 5) is 48.0. The molecule has 2 rings (SSSR count). The number of para-hydroxylation sites is 2. The van der Waals surface area contributed by atoms with Gasteiger partial charge in [0.1, 0.15) is 11.5 Å². The number of carbonyl (C=O) groups excluding carboxylic acids is 4. The van der Waals surface area contributed by atoms with Crippen molar-refractivity contribution in [3.05, 3.63) is 41.4 Å². The summed E-state index contributed by atoms with van der Waals surface area (Å²) in [5.41, 5.74) is 3.34. The van der Waals surface area contributed by atoms with E-state index in [1.54, 1.807) is 24.3 Å². The van der Waals surface area contributed by atoms with Gasteiger partial charge >= 0.3 is 11.8 Å². The highest BCUT2D eigenvalue weighted by Crippen LogP contribution is 2.35. The molecule has 0 unspecified atom stereocenters. The molecule has 34 heavy (non-hydrogen) atoms. The molecule has 2 aromatic rings. The Hall–Kier alpha value is -4.12. The van der Waals surface area contributed by atoms with Gasteiger partial charge in [0.15, 0.2) is 0 Å². The van der Waals surface area contributed by atoms with E-state index in [0.29, 0.717) is 11.4 Å². The van der Waals surface area contributed by atoms with Crippen LogP contribution in [0, 0.1) is 0 Å². The normalized spacial score (nSPS) is 10.7. The number of methoxy groups -OCH3 is 2. The van der Waals surface area contributed by atoms with Gasteiger partial charge < -0.3 is 25.4 Å². The lowest BCUT2D eigenvalue weighted by Gasteiger charge is -2.12.